The average molecular weight is 352 g/mol. The topological polar surface area (TPSA) is 96.0 Å². The van der Waals surface area contributed by atoms with Crippen molar-refractivity contribution >= 4 is 23.7 Å². The first-order valence-electron chi connectivity index (χ1n) is 8.03. The van der Waals surface area contributed by atoms with Gasteiger partial charge >= 0.3 is 17.9 Å². The quantitative estimate of drug-likeness (QED) is 0.373. The van der Waals surface area contributed by atoms with Crippen molar-refractivity contribution in [3.8, 4) is 0 Å². The lowest BCUT2D eigenvalue weighted by Crippen LogP contribution is -2.28. The molecule has 0 bridgehead atoms. The Balaban J connectivity index is 3.19. The number of allylic oxidation sites excluding steroid dienone is 2. The van der Waals surface area contributed by atoms with Gasteiger partial charge in [-0.2, -0.15) is 0 Å². The van der Waals surface area contributed by atoms with Gasteiger partial charge in [0.1, 0.15) is 5.78 Å². The van der Waals surface area contributed by atoms with E-state index in [1.807, 2.05) is 0 Å². The first-order chi connectivity index (χ1) is 11.8. The number of methoxy groups -OCH3 is 2. The van der Waals surface area contributed by atoms with E-state index in [9.17, 15) is 19.2 Å². The number of Topliss-reactive ketones (excluding diaryl/α,β-unsaturated/α-hetero) is 1. The van der Waals surface area contributed by atoms with Crippen LogP contribution >= 0.6 is 0 Å². The van der Waals surface area contributed by atoms with Crippen molar-refractivity contribution in [3.63, 3.8) is 0 Å². The first-order valence-corrected chi connectivity index (χ1v) is 8.03. The number of hydrogen-bond acceptors (Lipinski definition) is 7. The standard InChI is InChI=1S/C18H24O7/c1-11(19)5-6-13-7-8-14(9-10-25-12(2)20)16(18(22)24-4)15(13)17(21)23-3/h7-8,13-14H,5-6,9-10H2,1-4H3. The zero-order valence-electron chi connectivity index (χ0n) is 15.0. The van der Waals surface area contributed by atoms with E-state index >= 15 is 0 Å². The van der Waals surface area contributed by atoms with Gasteiger partial charge in [-0.15, -0.1) is 0 Å². The van der Waals surface area contributed by atoms with Gasteiger partial charge in [-0.25, -0.2) is 9.59 Å². The summed E-state index contributed by atoms with van der Waals surface area (Å²) in [5.41, 5.74) is 0.392. The van der Waals surface area contributed by atoms with Crippen molar-refractivity contribution < 1.29 is 33.4 Å². The molecule has 2 atom stereocenters. The lowest BCUT2D eigenvalue weighted by Gasteiger charge is -2.27. The van der Waals surface area contributed by atoms with E-state index in [-0.39, 0.29) is 30.0 Å². The van der Waals surface area contributed by atoms with Crippen molar-refractivity contribution in [3.05, 3.63) is 23.3 Å². The average Bonchev–Trinajstić information content (AvgIpc) is 2.58. The summed E-state index contributed by atoms with van der Waals surface area (Å²) in [5, 5.41) is 0. The molecular formula is C18H24O7. The maximum Gasteiger partial charge on any atom is 0.334 e. The summed E-state index contributed by atoms with van der Waals surface area (Å²) < 4.78 is 14.6. The van der Waals surface area contributed by atoms with Gasteiger partial charge in [0.25, 0.3) is 0 Å². The molecule has 0 aromatic rings. The minimum absolute atomic E-state index is 0.00536. The predicted molar refractivity (Wildman–Crippen MR) is 88.3 cm³/mol. The highest BCUT2D eigenvalue weighted by Gasteiger charge is 2.35. The van der Waals surface area contributed by atoms with Crippen LogP contribution in [-0.4, -0.2) is 44.5 Å². The van der Waals surface area contributed by atoms with Gasteiger partial charge in [0.05, 0.1) is 32.0 Å². The molecule has 1 rings (SSSR count). The third kappa shape index (κ3) is 5.85. The maximum absolute atomic E-state index is 12.3. The second-order valence-corrected chi connectivity index (χ2v) is 5.78. The zero-order chi connectivity index (χ0) is 19.0. The van der Waals surface area contributed by atoms with Crippen LogP contribution in [0.15, 0.2) is 23.3 Å². The Morgan fingerprint density at radius 3 is 1.76 bits per heavy atom. The molecule has 1 aliphatic rings. The van der Waals surface area contributed by atoms with Crippen LogP contribution in [0.3, 0.4) is 0 Å². The lowest BCUT2D eigenvalue weighted by molar-refractivity contribution is -0.141. The Hall–Kier alpha value is -2.44. The van der Waals surface area contributed by atoms with Crippen molar-refractivity contribution in [2.75, 3.05) is 20.8 Å². The van der Waals surface area contributed by atoms with E-state index in [1.54, 1.807) is 12.2 Å². The predicted octanol–water partition coefficient (Wildman–Crippen LogP) is 1.75. The molecule has 138 valence electrons. The lowest BCUT2D eigenvalue weighted by atomic mass is 9.78. The molecule has 0 aromatic heterocycles. The summed E-state index contributed by atoms with van der Waals surface area (Å²) in [6, 6.07) is 0. The molecule has 2 unspecified atom stereocenters. The van der Waals surface area contributed by atoms with Crippen LogP contribution in [0, 0.1) is 11.8 Å². The molecule has 0 aromatic carbocycles. The number of hydrogen-bond donors (Lipinski definition) is 0. The Bertz CT molecular complexity index is 601. The van der Waals surface area contributed by atoms with Crippen LogP contribution in [0.25, 0.3) is 0 Å². The van der Waals surface area contributed by atoms with E-state index in [0.717, 1.165) is 0 Å². The first kappa shape index (κ1) is 20.6. The molecule has 7 heteroatoms. The van der Waals surface area contributed by atoms with Gasteiger partial charge in [0.15, 0.2) is 0 Å². The molecule has 0 amide bonds. The second-order valence-electron chi connectivity index (χ2n) is 5.78. The van der Waals surface area contributed by atoms with Gasteiger partial charge in [0, 0.05) is 25.2 Å². The molecule has 0 radical (unpaired) electrons. The van der Waals surface area contributed by atoms with E-state index in [0.29, 0.717) is 12.8 Å². The Kier molecular flexibility index (Phi) is 8.04. The molecule has 25 heavy (non-hydrogen) atoms. The summed E-state index contributed by atoms with van der Waals surface area (Å²) in [4.78, 5) is 46.8. The normalized spacial score (nSPS) is 19.4. The summed E-state index contributed by atoms with van der Waals surface area (Å²) in [5.74, 6) is -2.53. The summed E-state index contributed by atoms with van der Waals surface area (Å²) >= 11 is 0. The van der Waals surface area contributed by atoms with E-state index < -0.39 is 29.7 Å². The molecule has 0 spiro atoms. The summed E-state index contributed by atoms with van der Waals surface area (Å²) in [6.45, 7) is 2.88. The SMILES string of the molecule is COC(=O)C1=C(C(=O)OC)C(CCC(C)=O)C=CC1CCOC(C)=O. The van der Waals surface area contributed by atoms with Gasteiger partial charge in [-0.05, 0) is 19.8 Å². The van der Waals surface area contributed by atoms with Crippen molar-refractivity contribution in [1.29, 1.82) is 0 Å². The molecule has 0 N–H and O–H groups in total. The highest BCUT2D eigenvalue weighted by molar-refractivity contribution is 6.02. The van der Waals surface area contributed by atoms with Gasteiger partial charge in [-0.3, -0.25) is 4.79 Å². The summed E-state index contributed by atoms with van der Waals surface area (Å²) in [6.07, 6.45) is 4.59. The fraction of sp³-hybridized carbons (Fsp3) is 0.556. The Labute approximate surface area is 147 Å². The number of carbonyl (C=O) groups excluding carboxylic acids is 4. The van der Waals surface area contributed by atoms with Crippen molar-refractivity contribution in [1.82, 2.24) is 0 Å². The fourth-order valence-corrected chi connectivity index (χ4v) is 2.77. The molecule has 1 aliphatic carbocycles. The molecule has 0 aliphatic heterocycles. The largest absolute Gasteiger partial charge is 0.466 e. The van der Waals surface area contributed by atoms with E-state index in [4.69, 9.17) is 14.2 Å². The fourth-order valence-electron chi connectivity index (χ4n) is 2.77. The molecule has 0 fully saturated rings. The molecule has 0 saturated carbocycles. The van der Waals surface area contributed by atoms with E-state index in [2.05, 4.69) is 0 Å². The van der Waals surface area contributed by atoms with Crippen LogP contribution in [0.4, 0.5) is 0 Å². The van der Waals surface area contributed by atoms with Crippen molar-refractivity contribution in [2.45, 2.75) is 33.1 Å². The number of esters is 3. The smallest absolute Gasteiger partial charge is 0.334 e. The number of ketones is 1. The molecular weight excluding hydrogens is 328 g/mol. The van der Waals surface area contributed by atoms with Crippen LogP contribution in [0.2, 0.25) is 0 Å². The van der Waals surface area contributed by atoms with E-state index in [1.165, 1.54) is 28.1 Å². The van der Waals surface area contributed by atoms with Gasteiger partial charge < -0.3 is 19.0 Å². The maximum atomic E-state index is 12.3. The highest BCUT2D eigenvalue weighted by atomic mass is 16.5. The Morgan fingerprint density at radius 2 is 1.36 bits per heavy atom. The minimum Gasteiger partial charge on any atom is -0.466 e. The monoisotopic (exact) mass is 352 g/mol. The molecule has 0 saturated heterocycles. The van der Waals surface area contributed by atoms with Crippen molar-refractivity contribution in [2.24, 2.45) is 11.8 Å². The minimum atomic E-state index is -0.634. The number of ether oxygens (including phenoxy) is 3. The van der Waals surface area contributed by atoms with Crippen LogP contribution in [0.1, 0.15) is 33.1 Å². The highest BCUT2D eigenvalue weighted by Crippen LogP contribution is 2.35. The van der Waals surface area contributed by atoms with Crippen LogP contribution in [0.5, 0.6) is 0 Å². The zero-order valence-corrected chi connectivity index (χ0v) is 15.0. The Morgan fingerprint density at radius 1 is 0.880 bits per heavy atom. The van der Waals surface area contributed by atoms with Gasteiger partial charge in [-0.1, -0.05) is 12.2 Å². The van der Waals surface area contributed by atoms with Crippen LogP contribution in [-0.2, 0) is 33.4 Å². The second kappa shape index (κ2) is 9.76. The molecule has 7 nitrogen and oxygen atoms in total. The molecule has 0 heterocycles. The summed E-state index contributed by atoms with van der Waals surface area (Å²) in [7, 11) is 2.47. The number of carbonyl (C=O) groups is 4. The van der Waals surface area contributed by atoms with Crippen LogP contribution < -0.4 is 0 Å². The number of rotatable bonds is 8. The third-order valence-electron chi connectivity index (χ3n) is 3.96. The third-order valence-corrected chi connectivity index (χ3v) is 3.96. The van der Waals surface area contributed by atoms with Gasteiger partial charge in [0.2, 0.25) is 0 Å².